The van der Waals surface area contributed by atoms with Crippen LogP contribution in [0.5, 0.6) is 0 Å². The van der Waals surface area contributed by atoms with Crippen molar-refractivity contribution in [1.29, 1.82) is 0 Å². The van der Waals surface area contributed by atoms with Crippen LogP contribution in [0.1, 0.15) is 44.5 Å². The van der Waals surface area contributed by atoms with E-state index >= 15 is 0 Å². The molecule has 0 radical (unpaired) electrons. The van der Waals surface area contributed by atoms with E-state index in [2.05, 4.69) is 26.1 Å². The fourth-order valence-electron chi connectivity index (χ4n) is 1.54. The van der Waals surface area contributed by atoms with Crippen molar-refractivity contribution in [2.75, 3.05) is 5.32 Å². The van der Waals surface area contributed by atoms with Crippen LogP contribution in [0.3, 0.4) is 0 Å². The summed E-state index contributed by atoms with van der Waals surface area (Å²) < 4.78 is 0. The first-order valence-corrected chi connectivity index (χ1v) is 6.81. The predicted molar refractivity (Wildman–Crippen MR) is 80.3 cm³/mol. The van der Waals surface area contributed by atoms with Gasteiger partial charge in [0.05, 0.1) is 16.3 Å². The molecule has 20 heavy (non-hydrogen) atoms. The van der Waals surface area contributed by atoms with Crippen LogP contribution in [0, 0.1) is 11.3 Å². The van der Waals surface area contributed by atoms with E-state index < -0.39 is 5.97 Å². The van der Waals surface area contributed by atoms with Gasteiger partial charge in [0.2, 0.25) is 5.91 Å². The van der Waals surface area contributed by atoms with Gasteiger partial charge in [-0.15, -0.1) is 0 Å². The monoisotopic (exact) mass is 297 g/mol. The van der Waals surface area contributed by atoms with Crippen molar-refractivity contribution in [2.45, 2.75) is 34.1 Å². The second-order valence-corrected chi connectivity index (χ2v) is 6.43. The van der Waals surface area contributed by atoms with Crippen molar-refractivity contribution >= 4 is 29.2 Å². The number of amides is 1. The molecule has 0 saturated heterocycles. The maximum Gasteiger partial charge on any atom is 0.335 e. The molecule has 1 amide bonds. The number of rotatable bonds is 4. The Hall–Kier alpha value is -1.55. The summed E-state index contributed by atoms with van der Waals surface area (Å²) in [6, 6.07) is 4.23. The molecule has 0 aliphatic rings. The average molecular weight is 298 g/mol. The molecule has 0 fully saturated rings. The lowest BCUT2D eigenvalue weighted by molar-refractivity contribution is -0.117. The highest BCUT2D eigenvalue weighted by Gasteiger charge is 2.23. The molecule has 0 aliphatic carbocycles. The Kier molecular flexibility index (Phi) is 5.17. The molecule has 0 aliphatic heterocycles. The molecular formula is C15H20ClNO3. The highest BCUT2D eigenvalue weighted by atomic mass is 35.5. The van der Waals surface area contributed by atoms with Gasteiger partial charge in [-0.05, 0) is 29.5 Å². The SMILES string of the molecule is CC(CC(=O)Nc1cc(C(=O)O)ccc1Cl)C(C)(C)C. The Labute approximate surface area is 124 Å². The van der Waals surface area contributed by atoms with Gasteiger partial charge in [-0.3, -0.25) is 4.79 Å². The number of hydrogen-bond acceptors (Lipinski definition) is 2. The van der Waals surface area contributed by atoms with Crippen LogP contribution in [-0.2, 0) is 4.79 Å². The fraction of sp³-hybridized carbons (Fsp3) is 0.467. The van der Waals surface area contributed by atoms with Crippen molar-refractivity contribution < 1.29 is 14.7 Å². The highest BCUT2D eigenvalue weighted by molar-refractivity contribution is 6.33. The minimum Gasteiger partial charge on any atom is -0.478 e. The first-order valence-electron chi connectivity index (χ1n) is 6.44. The number of aromatic carboxylic acids is 1. The molecular weight excluding hydrogens is 278 g/mol. The van der Waals surface area contributed by atoms with Gasteiger partial charge in [0.1, 0.15) is 0 Å². The Morgan fingerprint density at radius 1 is 1.35 bits per heavy atom. The summed E-state index contributed by atoms with van der Waals surface area (Å²) in [6.07, 6.45) is 0.358. The molecule has 1 rings (SSSR count). The van der Waals surface area contributed by atoms with Gasteiger partial charge in [-0.1, -0.05) is 39.3 Å². The molecule has 4 nitrogen and oxygen atoms in total. The summed E-state index contributed by atoms with van der Waals surface area (Å²) in [5.74, 6) is -1.03. The molecule has 1 atom stereocenters. The Bertz CT molecular complexity index is 520. The van der Waals surface area contributed by atoms with Crippen LogP contribution in [-0.4, -0.2) is 17.0 Å². The Morgan fingerprint density at radius 2 is 1.95 bits per heavy atom. The zero-order chi connectivity index (χ0) is 15.5. The van der Waals surface area contributed by atoms with Crippen molar-refractivity contribution in [2.24, 2.45) is 11.3 Å². The Morgan fingerprint density at radius 3 is 2.45 bits per heavy atom. The van der Waals surface area contributed by atoms with Gasteiger partial charge in [0, 0.05) is 6.42 Å². The minimum absolute atomic E-state index is 0.0318. The van der Waals surface area contributed by atoms with Crippen LogP contribution >= 0.6 is 11.6 Å². The average Bonchev–Trinajstić information content (AvgIpc) is 2.30. The van der Waals surface area contributed by atoms with E-state index in [0.29, 0.717) is 17.1 Å². The summed E-state index contributed by atoms with van der Waals surface area (Å²) in [7, 11) is 0. The van der Waals surface area contributed by atoms with Crippen LogP contribution in [0.15, 0.2) is 18.2 Å². The first-order chi connectivity index (χ1) is 9.11. The van der Waals surface area contributed by atoms with E-state index in [9.17, 15) is 9.59 Å². The van der Waals surface area contributed by atoms with Gasteiger partial charge in [0.15, 0.2) is 0 Å². The number of carbonyl (C=O) groups excluding carboxylic acids is 1. The zero-order valence-electron chi connectivity index (χ0n) is 12.2. The standard InChI is InChI=1S/C15H20ClNO3/c1-9(15(2,3)4)7-13(18)17-12-8-10(14(19)20)5-6-11(12)16/h5-6,8-9H,7H2,1-4H3,(H,17,18)(H,19,20). The zero-order valence-corrected chi connectivity index (χ0v) is 12.9. The van der Waals surface area contributed by atoms with Crippen molar-refractivity contribution in [1.82, 2.24) is 0 Å². The summed E-state index contributed by atoms with van der Waals surface area (Å²) in [4.78, 5) is 22.9. The number of hydrogen-bond donors (Lipinski definition) is 2. The lowest BCUT2D eigenvalue weighted by Gasteiger charge is -2.26. The van der Waals surface area contributed by atoms with Crippen LogP contribution < -0.4 is 5.32 Å². The molecule has 0 aromatic heterocycles. The number of halogens is 1. The number of anilines is 1. The quantitative estimate of drug-likeness (QED) is 0.881. The van der Waals surface area contributed by atoms with Crippen LogP contribution in [0.2, 0.25) is 5.02 Å². The van der Waals surface area contributed by atoms with Crippen LogP contribution in [0.4, 0.5) is 5.69 Å². The summed E-state index contributed by atoms with van der Waals surface area (Å²) in [5.41, 5.74) is 0.454. The highest BCUT2D eigenvalue weighted by Crippen LogP contribution is 2.29. The summed E-state index contributed by atoms with van der Waals surface area (Å²) >= 11 is 5.96. The predicted octanol–water partition coefficient (Wildman–Crippen LogP) is 4.05. The molecule has 1 unspecified atom stereocenters. The lowest BCUT2D eigenvalue weighted by Crippen LogP contribution is -2.24. The molecule has 110 valence electrons. The molecule has 0 saturated carbocycles. The number of carboxylic acids is 1. The van der Waals surface area contributed by atoms with Gasteiger partial charge >= 0.3 is 5.97 Å². The Balaban J connectivity index is 2.80. The van der Waals surface area contributed by atoms with E-state index in [1.54, 1.807) is 0 Å². The van der Waals surface area contributed by atoms with Crippen LogP contribution in [0.25, 0.3) is 0 Å². The van der Waals surface area contributed by atoms with Crippen molar-refractivity contribution in [3.05, 3.63) is 28.8 Å². The molecule has 0 bridgehead atoms. The third kappa shape index (κ3) is 4.53. The maximum absolute atomic E-state index is 12.0. The van der Waals surface area contributed by atoms with E-state index in [-0.39, 0.29) is 22.8 Å². The normalized spacial score (nSPS) is 12.8. The number of nitrogens with one attached hydrogen (secondary N) is 1. The topological polar surface area (TPSA) is 66.4 Å². The van der Waals surface area contributed by atoms with Gasteiger partial charge in [-0.2, -0.15) is 0 Å². The molecule has 0 heterocycles. The van der Waals surface area contributed by atoms with Gasteiger partial charge < -0.3 is 10.4 Å². The van der Waals surface area contributed by atoms with E-state index in [4.69, 9.17) is 16.7 Å². The van der Waals surface area contributed by atoms with Crippen molar-refractivity contribution in [3.63, 3.8) is 0 Å². The molecule has 2 N–H and O–H groups in total. The molecule has 1 aromatic carbocycles. The second-order valence-electron chi connectivity index (χ2n) is 6.02. The third-order valence-corrected chi connectivity index (χ3v) is 3.79. The van der Waals surface area contributed by atoms with Gasteiger partial charge in [-0.25, -0.2) is 4.79 Å². The summed E-state index contributed by atoms with van der Waals surface area (Å²) in [6.45, 7) is 8.23. The minimum atomic E-state index is -1.06. The number of benzene rings is 1. The molecule has 0 spiro atoms. The number of carboxylic acid groups (broad SMARTS) is 1. The number of carbonyl (C=O) groups is 2. The third-order valence-electron chi connectivity index (χ3n) is 3.46. The molecule has 5 heteroatoms. The van der Waals surface area contributed by atoms with Crippen molar-refractivity contribution in [3.8, 4) is 0 Å². The second kappa shape index (κ2) is 6.27. The maximum atomic E-state index is 12.0. The van der Waals surface area contributed by atoms with Gasteiger partial charge in [0.25, 0.3) is 0 Å². The van der Waals surface area contributed by atoms with E-state index in [1.165, 1.54) is 18.2 Å². The lowest BCUT2D eigenvalue weighted by atomic mass is 9.80. The smallest absolute Gasteiger partial charge is 0.335 e. The fourth-order valence-corrected chi connectivity index (χ4v) is 1.70. The van der Waals surface area contributed by atoms with E-state index in [1.807, 2.05) is 6.92 Å². The molecule has 1 aromatic rings. The van der Waals surface area contributed by atoms with E-state index in [0.717, 1.165) is 0 Å². The summed E-state index contributed by atoms with van der Waals surface area (Å²) in [5, 5.41) is 11.9. The largest absolute Gasteiger partial charge is 0.478 e. The first kappa shape index (κ1) is 16.5.